The van der Waals surface area contributed by atoms with E-state index in [1.807, 2.05) is 25.1 Å². The molecule has 1 saturated heterocycles. The molecular formula is C19H32IN5O3S. The summed E-state index contributed by atoms with van der Waals surface area (Å²) < 4.78 is 23.0. The van der Waals surface area contributed by atoms with E-state index in [2.05, 4.69) is 25.8 Å². The Morgan fingerprint density at radius 2 is 1.93 bits per heavy atom. The summed E-state index contributed by atoms with van der Waals surface area (Å²) in [5.74, 6) is 1.14. The Morgan fingerprint density at radius 1 is 1.21 bits per heavy atom. The van der Waals surface area contributed by atoms with Crippen LogP contribution in [0.2, 0.25) is 0 Å². The van der Waals surface area contributed by atoms with Crippen molar-refractivity contribution in [2.24, 2.45) is 4.99 Å². The molecule has 29 heavy (non-hydrogen) atoms. The summed E-state index contributed by atoms with van der Waals surface area (Å²) in [4.78, 5) is 18.4. The van der Waals surface area contributed by atoms with Gasteiger partial charge in [-0.1, -0.05) is 12.1 Å². The summed E-state index contributed by atoms with van der Waals surface area (Å²) in [5.41, 5.74) is 1.74. The molecule has 1 fully saturated rings. The first-order valence-electron chi connectivity index (χ1n) is 9.69. The number of hydrogen-bond acceptors (Lipinski definition) is 5. The molecule has 0 unspecified atom stereocenters. The minimum absolute atomic E-state index is 0. The lowest BCUT2D eigenvalue weighted by atomic mass is 10.1. The van der Waals surface area contributed by atoms with Crippen LogP contribution in [0, 0.1) is 0 Å². The molecule has 10 heteroatoms. The molecule has 1 aliphatic rings. The van der Waals surface area contributed by atoms with Crippen LogP contribution in [-0.4, -0.2) is 83.0 Å². The number of rotatable bonds is 8. The smallest absolute Gasteiger partial charge is 0.251 e. The molecule has 1 aromatic carbocycles. The Labute approximate surface area is 190 Å². The summed E-state index contributed by atoms with van der Waals surface area (Å²) in [6.45, 7) is 6.01. The topological polar surface area (TPSA) is 103 Å². The predicted molar refractivity (Wildman–Crippen MR) is 128 cm³/mol. The van der Waals surface area contributed by atoms with Gasteiger partial charge in [-0.25, -0.2) is 8.42 Å². The highest BCUT2D eigenvalue weighted by Gasteiger charge is 2.20. The standard InChI is InChI=1S/C19H31N5O3S.HI/c1-3-21-19(23-9-10-24-11-13-28(26,27)14-12-24)22-8-7-16-5-4-6-17(15-16)18(25)20-2;/h4-6,15H,3,7-14H2,1-2H3,(H,20,25)(H2,21,22,23);1H. The summed E-state index contributed by atoms with van der Waals surface area (Å²) in [7, 11) is -1.22. The highest BCUT2D eigenvalue weighted by molar-refractivity contribution is 14.0. The van der Waals surface area contributed by atoms with Crippen molar-refractivity contribution >= 4 is 45.7 Å². The number of carbonyl (C=O) groups excluding carboxylic acids is 1. The van der Waals surface area contributed by atoms with Crippen molar-refractivity contribution in [3.05, 3.63) is 35.4 Å². The molecule has 0 radical (unpaired) electrons. The summed E-state index contributed by atoms with van der Waals surface area (Å²) in [6, 6.07) is 7.59. The Morgan fingerprint density at radius 3 is 2.59 bits per heavy atom. The molecule has 1 aliphatic heterocycles. The number of aliphatic imine (C=N–C) groups is 1. The van der Waals surface area contributed by atoms with Crippen LogP contribution in [0.3, 0.4) is 0 Å². The zero-order valence-electron chi connectivity index (χ0n) is 17.1. The molecular weight excluding hydrogens is 505 g/mol. The van der Waals surface area contributed by atoms with Crippen LogP contribution in [-0.2, 0) is 16.3 Å². The fourth-order valence-electron chi connectivity index (χ4n) is 2.96. The molecule has 0 aliphatic carbocycles. The van der Waals surface area contributed by atoms with Crippen LogP contribution in [0.25, 0.3) is 0 Å². The third-order valence-electron chi connectivity index (χ3n) is 4.59. The molecule has 1 aromatic rings. The Bertz CT molecular complexity index is 772. The molecule has 8 nitrogen and oxygen atoms in total. The van der Waals surface area contributed by atoms with Crippen LogP contribution < -0.4 is 16.0 Å². The van der Waals surface area contributed by atoms with Gasteiger partial charge in [0.15, 0.2) is 15.8 Å². The molecule has 0 bridgehead atoms. The Hall–Kier alpha value is -1.40. The second-order valence-electron chi connectivity index (χ2n) is 6.71. The van der Waals surface area contributed by atoms with Crippen molar-refractivity contribution < 1.29 is 13.2 Å². The highest BCUT2D eigenvalue weighted by atomic mass is 127. The van der Waals surface area contributed by atoms with Gasteiger partial charge in [-0.3, -0.25) is 14.7 Å². The van der Waals surface area contributed by atoms with Crippen molar-refractivity contribution in [2.75, 3.05) is 57.8 Å². The minimum Gasteiger partial charge on any atom is -0.357 e. The van der Waals surface area contributed by atoms with Crippen molar-refractivity contribution in [1.82, 2.24) is 20.9 Å². The van der Waals surface area contributed by atoms with Crippen LogP contribution in [0.5, 0.6) is 0 Å². The van der Waals surface area contributed by atoms with Crippen LogP contribution in [0.15, 0.2) is 29.3 Å². The van der Waals surface area contributed by atoms with E-state index in [4.69, 9.17) is 0 Å². The van der Waals surface area contributed by atoms with Crippen molar-refractivity contribution in [3.63, 3.8) is 0 Å². The number of hydrogen-bond donors (Lipinski definition) is 3. The Balaban J connectivity index is 0.00000420. The van der Waals surface area contributed by atoms with Gasteiger partial charge in [-0.15, -0.1) is 24.0 Å². The Kier molecular flexibility index (Phi) is 11.5. The first kappa shape index (κ1) is 25.6. The van der Waals surface area contributed by atoms with Gasteiger partial charge < -0.3 is 16.0 Å². The average molecular weight is 537 g/mol. The molecule has 2 rings (SSSR count). The summed E-state index contributed by atoms with van der Waals surface area (Å²) in [5, 5.41) is 9.16. The van der Waals surface area contributed by atoms with E-state index >= 15 is 0 Å². The fraction of sp³-hybridized carbons (Fsp3) is 0.579. The number of benzene rings is 1. The van der Waals surface area contributed by atoms with Gasteiger partial charge in [0.05, 0.1) is 18.1 Å². The number of amides is 1. The van der Waals surface area contributed by atoms with Crippen LogP contribution in [0.4, 0.5) is 0 Å². The van der Waals surface area contributed by atoms with E-state index in [1.165, 1.54) is 0 Å². The van der Waals surface area contributed by atoms with Crippen LogP contribution >= 0.6 is 24.0 Å². The number of nitrogens with one attached hydrogen (secondary N) is 3. The van der Waals surface area contributed by atoms with Gasteiger partial charge in [0.2, 0.25) is 0 Å². The lowest BCUT2D eigenvalue weighted by Crippen LogP contribution is -2.42. The molecule has 1 amide bonds. The maximum atomic E-state index is 11.7. The van der Waals surface area contributed by atoms with Crippen molar-refractivity contribution in [3.8, 4) is 0 Å². The predicted octanol–water partition coefficient (Wildman–Crippen LogP) is 0.492. The van der Waals surface area contributed by atoms with E-state index < -0.39 is 9.84 Å². The number of halogens is 1. The molecule has 0 atom stereocenters. The summed E-state index contributed by atoms with van der Waals surface area (Å²) in [6.07, 6.45) is 0.777. The molecule has 3 N–H and O–H groups in total. The average Bonchev–Trinajstić information content (AvgIpc) is 2.69. The van der Waals surface area contributed by atoms with Crippen molar-refractivity contribution in [2.45, 2.75) is 13.3 Å². The molecule has 0 saturated carbocycles. The van der Waals surface area contributed by atoms with E-state index in [-0.39, 0.29) is 41.4 Å². The lowest BCUT2D eigenvalue weighted by Gasteiger charge is -2.25. The highest BCUT2D eigenvalue weighted by Crippen LogP contribution is 2.06. The second kappa shape index (κ2) is 13.0. The van der Waals surface area contributed by atoms with Gasteiger partial charge in [0.1, 0.15) is 0 Å². The zero-order chi connectivity index (χ0) is 20.4. The zero-order valence-corrected chi connectivity index (χ0v) is 20.3. The van der Waals surface area contributed by atoms with E-state index in [1.54, 1.807) is 13.1 Å². The number of carbonyl (C=O) groups is 1. The third kappa shape index (κ3) is 9.30. The van der Waals surface area contributed by atoms with Gasteiger partial charge in [0.25, 0.3) is 5.91 Å². The maximum absolute atomic E-state index is 11.7. The van der Waals surface area contributed by atoms with E-state index in [0.717, 1.165) is 31.0 Å². The largest absolute Gasteiger partial charge is 0.357 e. The normalized spacial score (nSPS) is 16.6. The fourth-order valence-corrected chi connectivity index (χ4v) is 4.23. The summed E-state index contributed by atoms with van der Waals surface area (Å²) >= 11 is 0. The third-order valence-corrected chi connectivity index (χ3v) is 6.20. The van der Waals surface area contributed by atoms with Crippen molar-refractivity contribution in [1.29, 1.82) is 0 Å². The molecule has 1 heterocycles. The first-order chi connectivity index (χ1) is 13.4. The van der Waals surface area contributed by atoms with Gasteiger partial charge in [0, 0.05) is 45.3 Å². The lowest BCUT2D eigenvalue weighted by molar-refractivity contribution is 0.0963. The van der Waals surface area contributed by atoms with Gasteiger partial charge >= 0.3 is 0 Å². The van der Waals surface area contributed by atoms with Crippen LogP contribution in [0.1, 0.15) is 22.8 Å². The number of guanidine groups is 1. The SMILES string of the molecule is CCNC(=NCCN1CCS(=O)(=O)CC1)NCCc1cccc(C(=O)NC)c1.I. The minimum atomic E-state index is -2.84. The number of nitrogens with zero attached hydrogens (tertiary/aromatic N) is 2. The molecule has 0 spiro atoms. The van der Waals surface area contributed by atoms with Gasteiger partial charge in [-0.2, -0.15) is 0 Å². The maximum Gasteiger partial charge on any atom is 0.251 e. The molecule has 0 aromatic heterocycles. The van der Waals surface area contributed by atoms with E-state index in [9.17, 15) is 13.2 Å². The molecule has 164 valence electrons. The van der Waals surface area contributed by atoms with Gasteiger partial charge in [-0.05, 0) is 31.0 Å². The quantitative estimate of drug-likeness (QED) is 0.254. The number of sulfone groups is 1. The second-order valence-corrected chi connectivity index (χ2v) is 9.01. The van der Waals surface area contributed by atoms with E-state index in [0.29, 0.717) is 31.7 Å². The monoisotopic (exact) mass is 537 g/mol. The first-order valence-corrected chi connectivity index (χ1v) is 11.5.